The second kappa shape index (κ2) is 7.95. The van der Waals surface area contributed by atoms with Gasteiger partial charge >= 0.3 is 0 Å². The Labute approximate surface area is 157 Å². The molecule has 0 saturated carbocycles. The van der Waals surface area contributed by atoms with Gasteiger partial charge in [-0.2, -0.15) is 0 Å². The van der Waals surface area contributed by atoms with Gasteiger partial charge in [0.1, 0.15) is 0 Å². The maximum atomic E-state index is 12.7. The highest BCUT2D eigenvalue weighted by molar-refractivity contribution is 6.09. The first-order valence-electron chi connectivity index (χ1n) is 8.81. The van der Waals surface area contributed by atoms with Crippen LogP contribution >= 0.6 is 0 Å². The van der Waals surface area contributed by atoms with Gasteiger partial charge in [0.2, 0.25) is 0 Å². The van der Waals surface area contributed by atoms with Crippen LogP contribution in [0, 0.1) is 0 Å². The number of carbonyl (C=O) groups excluding carboxylic acids is 2. The largest absolute Gasteiger partial charge is 0.493 e. The summed E-state index contributed by atoms with van der Waals surface area (Å²) in [5.41, 5.74) is 1.34. The molecule has 0 saturated heterocycles. The van der Waals surface area contributed by atoms with Gasteiger partial charge in [-0.3, -0.25) is 9.59 Å². The number of furan rings is 1. The number of rotatable bonds is 6. The number of nitrogens with one attached hydrogen (secondary N) is 2. The molecule has 0 bridgehead atoms. The van der Waals surface area contributed by atoms with Crippen LogP contribution in [0.15, 0.2) is 52.9 Å². The SMILES string of the molecule is CC[C@H](C)NC(=O)c1ccccc1NC(=O)c1cc2cccc(OC)c2o1. The maximum absolute atomic E-state index is 12.7. The highest BCUT2D eigenvalue weighted by Crippen LogP contribution is 2.29. The van der Waals surface area contributed by atoms with Crippen LogP contribution in [0.25, 0.3) is 11.0 Å². The van der Waals surface area contributed by atoms with Crippen LogP contribution in [0.5, 0.6) is 5.75 Å². The van der Waals surface area contributed by atoms with E-state index in [0.717, 1.165) is 11.8 Å². The molecule has 6 nitrogen and oxygen atoms in total. The molecule has 6 heteroatoms. The van der Waals surface area contributed by atoms with Gasteiger partial charge in [-0.05, 0) is 37.6 Å². The van der Waals surface area contributed by atoms with Crippen molar-refractivity contribution >= 4 is 28.5 Å². The molecule has 1 atom stereocenters. The van der Waals surface area contributed by atoms with E-state index in [0.29, 0.717) is 22.6 Å². The van der Waals surface area contributed by atoms with E-state index in [1.54, 1.807) is 43.5 Å². The lowest BCUT2D eigenvalue weighted by molar-refractivity contribution is 0.0940. The molecule has 27 heavy (non-hydrogen) atoms. The Bertz CT molecular complexity index is 977. The standard InChI is InChI=1S/C21H22N2O4/c1-4-13(2)22-20(24)15-9-5-6-10-16(15)23-21(25)18-12-14-8-7-11-17(26-3)19(14)27-18/h5-13H,4H2,1-3H3,(H,22,24)(H,23,25)/t13-/m0/s1. The Morgan fingerprint density at radius 2 is 1.89 bits per heavy atom. The van der Waals surface area contributed by atoms with Gasteiger partial charge in [0.05, 0.1) is 18.4 Å². The molecule has 0 spiro atoms. The number of carbonyl (C=O) groups is 2. The van der Waals surface area contributed by atoms with Crippen molar-refractivity contribution < 1.29 is 18.7 Å². The average molecular weight is 366 g/mol. The number of para-hydroxylation sites is 2. The van der Waals surface area contributed by atoms with Crippen molar-refractivity contribution in [3.05, 3.63) is 59.9 Å². The Morgan fingerprint density at radius 1 is 1.11 bits per heavy atom. The molecule has 0 aliphatic carbocycles. The van der Waals surface area contributed by atoms with E-state index >= 15 is 0 Å². The van der Waals surface area contributed by atoms with Gasteiger partial charge < -0.3 is 19.8 Å². The molecule has 0 radical (unpaired) electrons. The molecule has 3 rings (SSSR count). The van der Waals surface area contributed by atoms with E-state index < -0.39 is 5.91 Å². The quantitative estimate of drug-likeness (QED) is 0.684. The zero-order valence-electron chi connectivity index (χ0n) is 15.5. The van der Waals surface area contributed by atoms with Crippen LogP contribution in [0.2, 0.25) is 0 Å². The molecule has 0 aliphatic rings. The highest BCUT2D eigenvalue weighted by atomic mass is 16.5. The fourth-order valence-electron chi connectivity index (χ4n) is 2.69. The molecule has 140 valence electrons. The van der Waals surface area contributed by atoms with Crippen LogP contribution in [0.3, 0.4) is 0 Å². The van der Waals surface area contributed by atoms with Crippen molar-refractivity contribution in [3.63, 3.8) is 0 Å². The fraction of sp³-hybridized carbons (Fsp3) is 0.238. The van der Waals surface area contributed by atoms with Gasteiger partial charge in [-0.25, -0.2) is 0 Å². The Morgan fingerprint density at radius 3 is 2.63 bits per heavy atom. The molecular weight excluding hydrogens is 344 g/mol. The van der Waals surface area contributed by atoms with E-state index in [1.165, 1.54) is 0 Å². The molecule has 3 aromatic rings. The number of hydrogen-bond acceptors (Lipinski definition) is 4. The van der Waals surface area contributed by atoms with Crippen LogP contribution < -0.4 is 15.4 Å². The number of fused-ring (bicyclic) bond motifs is 1. The minimum atomic E-state index is -0.433. The summed E-state index contributed by atoms with van der Waals surface area (Å²) < 4.78 is 10.9. The second-order valence-corrected chi connectivity index (χ2v) is 6.27. The first-order valence-corrected chi connectivity index (χ1v) is 8.81. The minimum absolute atomic E-state index is 0.0455. The lowest BCUT2D eigenvalue weighted by Crippen LogP contribution is -2.32. The lowest BCUT2D eigenvalue weighted by Gasteiger charge is -2.14. The third kappa shape index (κ3) is 3.95. The molecule has 2 amide bonds. The van der Waals surface area contributed by atoms with E-state index in [-0.39, 0.29) is 17.7 Å². The van der Waals surface area contributed by atoms with Crippen LogP contribution in [-0.4, -0.2) is 25.0 Å². The molecular formula is C21H22N2O4. The number of ether oxygens (including phenoxy) is 1. The Balaban J connectivity index is 1.85. The summed E-state index contributed by atoms with van der Waals surface area (Å²) in [5, 5.41) is 6.43. The van der Waals surface area contributed by atoms with Gasteiger partial charge in [0.15, 0.2) is 17.1 Å². The zero-order valence-corrected chi connectivity index (χ0v) is 15.5. The average Bonchev–Trinajstić information content (AvgIpc) is 3.12. The van der Waals surface area contributed by atoms with Crippen molar-refractivity contribution in [2.75, 3.05) is 12.4 Å². The second-order valence-electron chi connectivity index (χ2n) is 6.27. The predicted molar refractivity (Wildman–Crippen MR) is 104 cm³/mol. The highest BCUT2D eigenvalue weighted by Gasteiger charge is 2.18. The van der Waals surface area contributed by atoms with Crippen LogP contribution in [0.4, 0.5) is 5.69 Å². The van der Waals surface area contributed by atoms with Crippen molar-refractivity contribution in [1.29, 1.82) is 0 Å². The topological polar surface area (TPSA) is 80.6 Å². The van der Waals surface area contributed by atoms with E-state index in [9.17, 15) is 9.59 Å². The smallest absolute Gasteiger partial charge is 0.291 e. The van der Waals surface area contributed by atoms with Gasteiger partial charge in [-0.1, -0.05) is 31.2 Å². The summed E-state index contributed by atoms with van der Waals surface area (Å²) in [4.78, 5) is 25.1. The Kier molecular flexibility index (Phi) is 5.45. The predicted octanol–water partition coefficient (Wildman–Crippen LogP) is 4.22. The monoisotopic (exact) mass is 366 g/mol. The van der Waals surface area contributed by atoms with Crippen molar-refractivity contribution in [2.24, 2.45) is 0 Å². The van der Waals surface area contributed by atoms with Gasteiger partial charge in [-0.15, -0.1) is 0 Å². The van der Waals surface area contributed by atoms with Gasteiger partial charge in [0, 0.05) is 11.4 Å². The molecule has 2 aromatic carbocycles. The summed E-state index contributed by atoms with van der Waals surface area (Å²) in [6, 6.07) is 14.0. The lowest BCUT2D eigenvalue weighted by atomic mass is 10.1. The normalized spacial score (nSPS) is 11.8. The summed E-state index contributed by atoms with van der Waals surface area (Å²) in [6.07, 6.45) is 0.821. The molecule has 1 aromatic heterocycles. The number of amides is 2. The van der Waals surface area contributed by atoms with Gasteiger partial charge in [0.25, 0.3) is 11.8 Å². The maximum Gasteiger partial charge on any atom is 0.291 e. The van der Waals surface area contributed by atoms with Crippen LogP contribution in [0.1, 0.15) is 41.2 Å². The third-order valence-corrected chi connectivity index (χ3v) is 4.36. The zero-order chi connectivity index (χ0) is 19.4. The van der Waals surface area contributed by atoms with Crippen molar-refractivity contribution in [1.82, 2.24) is 5.32 Å². The molecule has 2 N–H and O–H groups in total. The summed E-state index contributed by atoms with van der Waals surface area (Å²) >= 11 is 0. The van der Waals surface area contributed by atoms with Crippen molar-refractivity contribution in [2.45, 2.75) is 26.3 Å². The number of benzene rings is 2. The van der Waals surface area contributed by atoms with E-state index in [1.807, 2.05) is 26.0 Å². The molecule has 0 fully saturated rings. The minimum Gasteiger partial charge on any atom is -0.493 e. The molecule has 1 heterocycles. The number of methoxy groups -OCH3 is 1. The Hall–Kier alpha value is -3.28. The van der Waals surface area contributed by atoms with Crippen LogP contribution in [-0.2, 0) is 0 Å². The number of hydrogen-bond donors (Lipinski definition) is 2. The summed E-state index contributed by atoms with van der Waals surface area (Å²) in [5.74, 6) is 0.0371. The van der Waals surface area contributed by atoms with Crippen molar-refractivity contribution in [3.8, 4) is 5.75 Å². The number of anilines is 1. The third-order valence-electron chi connectivity index (χ3n) is 4.36. The first-order chi connectivity index (χ1) is 13.0. The molecule has 0 unspecified atom stereocenters. The first kappa shape index (κ1) is 18.5. The fourth-order valence-corrected chi connectivity index (χ4v) is 2.69. The van der Waals surface area contributed by atoms with E-state index in [2.05, 4.69) is 10.6 Å². The van der Waals surface area contributed by atoms with E-state index in [4.69, 9.17) is 9.15 Å². The summed E-state index contributed by atoms with van der Waals surface area (Å²) in [7, 11) is 1.54. The molecule has 0 aliphatic heterocycles. The summed E-state index contributed by atoms with van der Waals surface area (Å²) in [6.45, 7) is 3.93.